The lowest BCUT2D eigenvalue weighted by Gasteiger charge is -2.13. The predicted molar refractivity (Wildman–Crippen MR) is 96.4 cm³/mol. The highest BCUT2D eigenvalue weighted by Gasteiger charge is 2.25. The highest BCUT2D eigenvalue weighted by Crippen LogP contribution is 2.23. The Morgan fingerprint density at radius 2 is 1.41 bits per heavy atom. The van der Waals surface area contributed by atoms with Gasteiger partial charge in [0.25, 0.3) is 10.0 Å². The first-order chi connectivity index (χ1) is 12.7. The molecule has 0 aliphatic carbocycles. The van der Waals surface area contributed by atoms with Gasteiger partial charge < -0.3 is 9.47 Å². The van der Waals surface area contributed by atoms with Gasteiger partial charge in [-0.05, 0) is 49.4 Å². The van der Waals surface area contributed by atoms with Crippen molar-refractivity contribution in [3.63, 3.8) is 0 Å². The summed E-state index contributed by atoms with van der Waals surface area (Å²) in [4.78, 5) is 34.5. The number of carbonyl (C=O) groups is 3. The highest BCUT2D eigenvalue weighted by atomic mass is 32.2. The Morgan fingerprint density at radius 3 is 1.93 bits per heavy atom. The quantitative estimate of drug-likeness (QED) is 0.593. The van der Waals surface area contributed by atoms with E-state index in [4.69, 9.17) is 0 Å². The third kappa shape index (κ3) is 4.50. The summed E-state index contributed by atoms with van der Waals surface area (Å²) in [5, 5.41) is 0. The van der Waals surface area contributed by atoms with Crippen molar-refractivity contribution in [3.8, 4) is 0 Å². The molecule has 0 saturated carbocycles. The summed E-state index contributed by atoms with van der Waals surface area (Å²) in [6, 6.07) is 9.22. The van der Waals surface area contributed by atoms with Crippen LogP contribution in [0, 0.1) is 0 Å². The maximum absolute atomic E-state index is 12.8. The smallest absolute Gasteiger partial charge is 0.339 e. The number of ketones is 1. The fourth-order valence-electron chi connectivity index (χ4n) is 2.25. The molecule has 8 nitrogen and oxygen atoms in total. The summed E-state index contributed by atoms with van der Waals surface area (Å²) in [6.07, 6.45) is 0. The molecule has 0 fully saturated rings. The summed E-state index contributed by atoms with van der Waals surface area (Å²) in [7, 11) is -1.98. The SMILES string of the molecule is COC(=O)c1ccc(C(=O)OC)c(S(=O)(=O)Nc2ccc(C(C)=O)cc2)c1. The Labute approximate surface area is 156 Å². The summed E-state index contributed by atoms with van der Waals surface area (Å²) < 4.78 is 37.1. The minimum atomic E-state index is -4.24. The van der Waals surface area contributed by atoms with Crippen LogP contribution < -0.4 is 4.72 Å². The topological polar surface area (TPSA) is 116 Å². The molecule has 0 aliphatic rings. The van der Waals surface area contributed by atoms with Crippen molar-refractivity contribution in [1.29, 1.82) is 0 Å². The van der Waals surface area contributed by atoms with E-state index < -0.39 is 26.9 Å². The number of hydrogen-bond acceptors (Lipinski definition) is 7. The van der Waals surface area contributed by atoms with Crippen molar-refractivity contribution >= 4 is 33.4 Å². The van der Waals surface area contributed by atoms with Crippen LogP contribution in [0.4, 0.5) is 5.69 Å². The summed E-state index contributed by atoms with van der Waals surface area (Å²) in [5.74, 6) is -1.80. The Hall–Kier alpha value is -3.20. The Bertz CT molecular complexity index is 995. The van der Waals surface area contributed by atoms with Crippen LogP contribution in [0.1, 0.15) is 38.0 Å². The average Bonchev–Trinajstić information content (AvgIpc) is 2.66. The first kappa shape index (κ1) is 20.1. The number of hydrogen-bond donors (Lipinski definition) is 1. The van der Waals surface area contributed by atoms with Gasteiger partial charge in [0.15, 0.2) is 5.78 Å². The largest absolute Gasteiger partial charge is 0.465 e. The lowest BCUT2D eigenvalue weighted by molar-refractivity contribution is 0.0583. The maximum atomic E-state index is 12.8. The van der Waals surface area contributed by atoms with Gasteiger partial charge in [0, 0.05) is 11.3 Å². The zero-order valence-corrected chi connectivity index (χ0v) is 15.6. The number of nitrogens with one attached hydrogen (secondary N) is 1. The Morgan fingerprint density at radius 1 is 0.852 bits per heavy atom. The van der Waals surface area contributed by atoms with Crippen LogP contribution in [0.3, 0.4) is 0 Å². The lowest BCUT2D eigenvalue weighted by Crippen LogP contribution is -2.18. The zero-order valence-electron chi connectivity index (χ0n) is 14.8. The van der Waals surface area contributed by atoms with Gasteiger partial charge in [-0.1, -0.05) is 0 Å². The normalized spacial score (nSPS) is 10.8. The maximum Gasteiger partial charge on any atom is 0.339 e. The van der Waals surface area contributed by atoms with E-state index in [9.17, 15) is 22.8 Å². The molecule has 0 spiro atoms. The Kier molecular flexibility index (Phi) is 5.96. The van der Waals surface area contributed by atoms with Gasteiger partial charge in [-0.15, -0.1) is 0 Å². The number of esters is 2. The van der Waals surface area contributed by atoms with E-state index in [1.165, 1.54) is 43.3 Å². The van der Waals surface area contributed by atoms with Crippen LogP contribution in [0.5, 0.6) is 0 Å². The number of ether oxygens (including phenoxy) is 2. The van der Waals surface area contributed by atoms with E-state index in [0.29, 0.717) is 5.56 Å². The van der Waals surface area contributed by atoms with Crippen LogP contribution >= 0.6 is 0 Å². The van der Waals surface area contributed by atoms with Crippen molar-refractivity contribution in [1.82, 2.24) is 0 Å². The molecular formula is C18H17NO7S. The molecule has 0 aliphatic heterocycles. The Balaban J connectivity index is 2.50. The molecule has 2 aromatic carbocycles. The molecule has 9 heteroatoms. The van der Waals surface area contributed by atoms with E-state index in [1.54, 1.807) is 0 Å². The molecule has 0 radical (unpaired) electrons. The first-order valence-electron chi connectivity index (χ1n) is 7.64. The van der Waals surface area contributed by atoms with E-state index in [-0.39, 0.29) is 22.6 Å². The minimum absolute atomic E-state index is 0.0440. The predicted octanol–water partition coefficient (Wildman–Crippen LogP) is 2.26. The molecule has 27 heavy (non-hydrogen) atoms. The van der Waals surface area contributed by atoms with Gasteiger partial charge in [0.05, 0.1) is 25.3 Å². The van der Waals surface area contributed by atoms with Crippen molar-refractivity contribution in [2.75, 3.05) is 18.9 Å². The number of anilines is 1. The van der Waals surface area contributed by atoms with E-state index in [2.05, 4.69) is 14.2 Å². The van der Waals surface area contributed by atoms with Crippen molar-refractivity contribution < 1.29 is 32.3 Å². The van der Waals surface area contributed by atoms with Crippen LogP contribution in [0.25, 0.3) is 0 Å². The number of benzene rings is 2. The number of carbonyl (C=O) groups excluding carboxylic acids is 3. The van der Waals surface area contributed by atoms with Crippen LogP contribution in [-0.4, -0.2) is 40.4 Å². The third-order valence-corrected chi connectivity index (χ3v) is 5.06. The van der Waals surface area contributed by atoms with Gasteiger partial charge in [-0.3, -0.25) is 9.52 Å². The van der Waals surface area contributed by atoms with Gasteiger partial charge in [0.2, 0.25) is 0 Å². The van der Waals surface area contributed by atoms with Crippen LogP contribution in [-0.2, 0) is 19.5 Å². The molecule has 0 unspecified atom stereocenters. The van der Waals surface area contributed by atoms with E-state index in [1.807, 2.05) is 0 Å². The van der Waals surface area contributed by atoms with Crippen LogP contribution in [0.2, 0.25) is 0 Å². The first-order valence-corrected chi connectivity index (χ1v) is 9.12. The highest BCUT2D eigenvalue weighted by molar-refractivity contribution is 7.92. The second-order valence-corrected chi connectivity index (χ2v) is 7.08. The van der Waals surface area contributed by atoms with Crippen molar-refractivity contribution in [2.45, 2.75) is 11.8 Å². The molecule has 142 valence electrons. The standard InChI is InChI=1S/C18H17NO7S/c1-11(20)12-4-7-14(8-5-12)19-27(23,24)16-10-13(17(21)25-2)6-9-15(16)18(22)26-3/h4-10,19H,1-3H3. The summed E-state index contributed by atoms with van der Waals surface area (Å²) in [5.41, 5.74) is 0.315. The van der Waals surface area contributed by atoms with Gasteiger partial charge in [0.1, 0.15) is 4.90 Å². The summed E-state index contributed by atoms with van der Waals surface area (Å²) in [6.45, 7) is 1.39. The molecular weight excluding hydrogens is 374 g/mol. The average molecular weight is 391 g/mol. The molecule has 0 saturated heterocycles. The van der Waals surface area contributed by atoms with Crippen molar-refractivity contribution in [2.24, 2.45) is 0 Å². The third-order valence-electron chi connectivity index (χ3n) is 3.64. The summed E-state index contributed by atoms with van der Waals surface area (Å²) >= 11 is 0. The molecule has 0 aromatic heterocycles. The van der Waals surface area contributed by atoms with Crippen molar-refractivity contribution in [3.05, 3.63) is 59.2 Å². The number of sulfonamides is 1. The minimum Gasteiger partial charge on any atom is -0.465 e. The lowest BCUT2D eigenvalue weighted by atomic mass is 10.1. The van der Waals surface area contributed by atoms with Crippen LogP contribution in [0.15, 0.2) is 47.4 Å². The van der Waals surface area contributed by atoms with E-state index >= 15 is 0 Å². The monoisotopic (exact) mass is 391 g/mol. The number of methoxy groups -OCH3 is 2. The van der Waals surface area contributed by atoms with Gasteiger partial charge in [-0.25, -0.2) is 18.0 Å². The molecule has 0 bridgehead atoms. The van der Waals surface area contributed by atoms with Gasteiger partial charge in [-0.2, -0.15) is 0 Å². The molecule has 2 rings (SSSR count). The fourth-order valence-corrected chi connectivity index (χ4v) is 3.53. The molecule has 2 aromatic rings. The number of Topliss-reactive ketones (excluding diaryl/α,β-unsaturated/α-hetero) is 1. The molecule has 0 atom stereocenters. The molecule has 0 heterocycles. The zero-order chi connectivity index (χ0) is 20.2. The number of rotatable bonds is 6. The second-order valence-electron chi connectivity index (χ2n) is 5.43. The van der Waals surface area contributed by atoms with E-state index in [0.717, 1.165) is 20.3 Å². The molecule has 1 N–H and O–H groups in total. The molecule has 0 amide bonds. The fraction of sp³-hybridized carbons (Fsp3) is 0.167. The second kappa shape index (κ2) is 8.00. The van der Waals surface area contributed by atoms with Gasteiger partial charge >= 0.3 is 11.9 Å².